The molecule has 21 heavy (non-hydrogen) atoms. The number of esters is 1. The van der Waals surface area contributed by atoms with Crippen LogP contribution < -0.4 is 5.32 Å². The average molecular weight is 304 g/mol. The molecule has 3 nitrogen and oxygen atoms in total. The van der Waals surface area contributed by atoms with Crippen LogP contribution in [0.5, 0.6) is 0 Å². The van der Waals surface area contributed by atoms with Crippen LogP contribution in [0, 0.1) is 0 Å². The fourth-order valence-electron chi connectivity index (χ4n) is 2.03. The Kier molecular flexibility index (Phi) is 5.23. The monoisotopic (exact) mass is 303 g/mol. The van der Waals surface area contributed by atoms with E-state index < -0.39 is 0 Å². The molecule has 0 amide bonds. The molecule has 0 spiro atoms. The van der Waals surface area contributed by atoms with Crippen molar-refractivity contribution < 1.29 is 9.53 Å². The van der Waals surface area contributed by atoms with Crippen molar-refractivity contribution in [2.24, 2.45) is 0 Å². The van der Waals surface area contributed by atoms with E-state index in [1.807, 2.05) is 43.3 Å². The molecule has 0 aliphatic heterocycles. The number of rotatable bonds is 4. The largest absolute Gasteiger partial charge is 0.465 e. The Morgan fingerprint density at radius 3 is 2.71 bits per heavy atom. The quantitative estimate of drug-likeness (QED) is 0.862. The van der Waals surface area contributed by atoms with Gasteiger partial charge in [0.05, 0.1) is 18.4 Å². The lowest BCUT2D eigenvalue weighted by Crippen LogP contribution is -2.19. The van der Waals surface area contributed by atoms with E-state index in [0.29, 0.717) is 29.3 Å². The average Bonchev–Trinajstić information content (AvgIpc) is 2.65. The first-order valence-corrected chi connectivity index (χ1v) is 7.13. The van der Waals surface area contributed by atoms with E-state index in [9.17, 15) is 4.79 Å². The fourth-order valence-corrected chi connectivity index (χ4v) is 2.22. The van der Waals surface area contributed by atoms with Gasteiger partial charge in [-0.1, -0.05) is 53.6 Å². The molecule has 0 aromatic heterocycles. The summed E-state index contributed by atoms with van der Waals surface area (Å²) in [5.74, 6) is -0.360. The Balaban J connectivity index is 2.22. The number of carbonyl (C=O) groups excluding carboxylic acids is 1. The molecule has 0 atom stereocenters. The van der Waals surface area contributed by atoms with Gasteiger partial charge >= 0.3 is 5.97 Å². The van der Waals surface area contributed by atoms with Crippen molar-refractivity contribution in [2.45, 2.75) is 19.9 Å². The third-order valence-corrected chi connectivity index (χ3v) is 3.74. The number of halogens is 1. The molecule has 1 aliphatic rings. The molecule has 0 heterocycles. The minimum absolute atomic E-state index is 0.360. The lowest BCUT2D eigenvalue weighted by molar-refractivity contribution is -0.135. The van der Waals surface area contributed by atoms with Gasteiger partial charge in [-0.05, 0) is 25.0 Å². The van der Waals surface area contributed by atoms with Gasteiger partial charge < -0.3 is 10.1 Å². The van der Waals surface area contributed by atoms with Gasteiger partial charge in [-0.15, -0.1) is 0 Å². The molecule has 0 saturated carbocycles. The Labute approximate surface area is 129 Å². The van der Waals surface area contributed by atoms with Crippen molar-refractivity contribution in [3.8, 4) is 0 Å². The highest BCUT2D eigenvalue weighted by molar-refractivity contribution is 6.31. The molecule has 0 fully saturated rings. The molecular formula is C17H18ClNO2. The van der Waals surface area contributed by atoms with Crippen LogP contribution in [0.15, 0.2) is 64.4 Å². The maximum Gasteiger partial charge on any atom is 0.339 e. The molecule has 110 valence electrons. The summed E-state index contributed by atoms with van der Waals surface area (Å²) in [5, 5.41) is 3.92. The predicted molar refractivity (Wildman–Crippen MR) is 84.6 cm³/mol. The maximum atomic E-state index is 11.9. The molecule has 0 unspecified atom stereocenters. The zero-order valence-electron chi connectivity index (χ0n) is 12.2. The van der Waals surface area contributed by atoms with Crippen molar-refractivity contribution >= 4 is 17.6 Å². The van der Waals surface area contributed by atoms with Crippen LogP contribution >= 0.6 is 11.6 Å². The molecular weight excluding hydrogens is 286 g/mol. The number of allylic oxidation sites excluding steroid dienone is 4. The summed E-state index contributed by atoms with van der Waals surface area (Å²) in [6.45, 7) is 2.56. The number of nitrogens with one attached hydrogen (secondary N) is 1. The smallest absolute Gasteiger partial charge is 0.339 e. The summed E-state index contributed by atoms with van der Waals surface area (Å²) in [4.78, 5) is 11.9. The predicted octanol–water partition coefficient (Wildman–Crippen LogP) is 3.68. The lowest BCUT2D eigenvalue weighted by Gasteiger charge is -2.12. The van der Waals surface area contributed by atoms with Crippen LogP contribution in [0.4, 0.5) is 0 Å². The lowest BCUT2D eigenvalue weighted by atomic mass is 10.1. The van der Waals surface area contributed by atoms with Crippen LogP contribution in [0.3, 0.4) is 0 Å². The van der Waals surface area contributed by atoms with Crippen LogP contribution in [0.2, 0.25) is 0 Å². The Bertz CT molecular complexity index is 615. The van der Waals surface area contributed by atoms with E-state index in [0.717, 1.165) is 11.1 Å². The summed E-state index contributed by atoms with van der Waals surface area (Å²) < 4.78 is 4.85. The molecule has 0 radical (unpaired) electrons. The Hall–Kier alpha value is -2.00. The SMILES string of the molecule is COC(=O)C1=CCC(C)=C(Cl)C=C1NCc1ccccc1. The van der Waals surface area contributed by atoms with Gasteiger partial charge in [-0.25, -0.2) is 4.79 Å². The van der Waals surface area contributed by atoms with Gasteiger partial charge in [0.15, 0.2) is 0 Å². The van der Waals surface area contributed by atoms with E-state index in [2.05, 4.69) is 5.32 Å². The number of hydrogen-bond acceptors (Lipinski definition) is 3. The third kappa shape index (κ3) is 3.99. The zero-order chi connectivity index (χ0) is 15.2. The second-order valence-electron chi connectivity index (χ2n) is 4.84. The van der Waals surface area contributed by atoms with E-state index in [4.69, 9.17) is 16.3 Å². The molecule has 4 heteroatoms. The van der Waals surface area contributed by atoms with E-state index in [1.54, 1.807) is 6.08 Å². The van der Waals surface area contributed by atoms with Gasteiger partial charge in [-0.2, -0.15) is 0 Å². The maximum absolute atomic E-state index is 11.9. The number of carbonyl (C=O) groups is 1. The van der Waals surface area contributed by atoms with E-state index in [1.165, 1.54) is 7.11 Å². The van der Waals surface area contributed by atoms with E-state index >= 15 is 0 Å². The Morgan fingerprint density at radius 2 is 2.05 bits per heavy atom. The van der Waals surface area contributed by atoms with E-state index in [-0.39, 0.29) is 5.97 Å². The van der Waals surface area contributed by atoms with Crippen molar-refractivity contribution in [1.82, 2.24) is 5.32 Å². The van der Waals surface area contributed by atoms with Crippen LogP contribution in [0.25, 0.3) is 0 Å². The first-order valence-electron chi connectivity index (χ1n) is 6.75. The summed E-state index contributed by atoms with van der Waals surface area (Å²) in [5.41, 5.74) is 3.36. The summed E-state index contributed by atoms with van der Waals surface area (Å²) >= 11 is 6.24. The zero-order valence-corrected chi connectivity index (χ0v) is 12.9. The highest BCUT2D eigenvalue weighted by atomic mass is 35.5. The second kappa shape index (κ2) is 7.14. The molecule has 1 aromatic rings. The highest BCUT2D eigenvalue weighted by Gasteiger charge is 2.18. The molecule has 0 saturated heterocycles. The van der Waals surface area contributed by atoms with Crippen molar-refractivity contribution in [3.05, 3.63) is 69.9 Å². The second-order valence-corrected chi connectivity index (χ2v) is 5.25. The normalized spacial score (nSPS) is 15.0. The van der Waals surface area contributed by atoms with Gasteiger partial charge in [0, 0.05) is 11.6 Å². The van der Waals surface area contributed by atoms with Crippen molar-refractivity contribution in [1.29, 1.82) is 0 Å². The summed E-state index contributed by atoms with van der Waals surface area (Å²) in [6, 6.07) is 9.97. The third-order valence-electron chi connectivity index (χ3n) is 3.31. The van der Waals surface area contributed by atoms with Crippen molar-refractivity contribution in [3.63, 3.8) is 0 Å². The van der Waals surface area contributed by atoms with Gasteiger partial charge in [0.1, 0.15) is 0 Å². The van der Waals surface area contributed by atoms with Gasteiger partial charge in [0.25, 0.3) is 0 Å². The first-order chi connectivity index (χ1) is 10.1. The minimum atomic E-state index is -0.360. The highest BCUT2D eigenvalue weighted by Crippen LogP contribution is 2.24. The van der Waals surface area contributed by atoms with Crippen LogP contribution in [-0.4, -0.2) is 13.1 Å². The number of methoxy groups -OCH3 is 1. The van der Waals surface area contributed by atoms with Crippen LogP contribution in [0.1, 0.15) is 18.9 Å². The van der Waals surface area contributed by atoms with Gasteiger partial charge in [-0.3, -0.25) is 0 Å². The van der Waals surface area contributed by atoms with Crippen molar-refractivity contribution in [2.75, 3.05) is 7.11 Å². The number of benzene rings is 1. The molecule has 1 aromatic carbocycles. The molecule has 1 N–H and O–H groups in total. The summed E-state index contributed by atoms with van der Waals surface area (Å²) in [7, 11) is 1.38. The minimum Gasteiger partial charge on any atom is -0.465 e. The molecule has 2 rings (SSSR count). The topological polar surface area (TPSA) is 38.3 Å². The van der Waals surface area contributed by atoms with Crippen LogP contribution in [-0.2, 0) is 16.1 Å². The summed E-state index contributed by atoms with van der Waals surface area (Å²) in [6.07, 6.45) is 4.27. The van der Waals surface area contributed by atoms with Gasteiger partial charge in [0.2, 0.25) is 0 Å². The number of ether oxygens (including phenoxy) is 1. The molecule has 1 aliphatic carbocycles. The molecule has 0 bridgehead atoms. The Morgan fingerprint density at radius 1 is 1.33 bits per heavy atom. The first kappa shape index (κ1) is 15.4. The number of hydrogen-bond donors (Lipinski definition) is 1. The fraction of sp³-hybridized carbons (Fsp3) is 0.235. The standard InChI is InChI=1S/C17H18ClNO2/c1-12-8-9-14(17(20)21-2)16(10-15(12)18)19-11-13-6-4-3-5-7-13/h3-7,9-10,19H,8,11H2,1-2H3.